The Morgan fingerprint density at radius 2 is 1.92 bits per heavy atom. The summed E-state index contributed by atoms with van der Waals surface area (Å²) >= 11 is 6.97. The summed E-state index contributed by atoms with van der Waals surface area (Å²) < 4.78 is 5.86. The first kappa shape index (κ1) is 17.3. The van der Waals surface area contributed by atoms with Crippen LogP contribution in [0.5, 0.6) is 0 Å². The molecule has 0 unspecified atom stereocenters. The predicted molar refractivity (Wildman–Crippen MR) is 98.1 cm³/mol. The van der Waals surface area contributed by atoms with Crippen molar-refractivity contribution < 1.29 is 9.59 Å². The summed E-state index contributed by atoms with van der Waals surface area (Å²) in [5.41, 5.74) is 2.36. The second-order valence-electron chi connectivity index (χ2n) is 5.52. The highest BCUT2D eigenvalue weighted by Crippen LogP contribution is 2.24. The van der Waals surface area contributed by atoms with Gasteiger partial charge in [0, 0.05) is 29.3 Å². The molecule has 1 amide bonds. The minimum Gasteiger partial charge on any atom is -0.340 e. The molecule has 0 radical (unpaired) electrons. The smallest absolute Gasteiger partial charge is 0.274 e. The molecule has 25 heavy (non-hydrogen) atoms. The van der Waals surface area contributed by atoms with Gasteiger partial charge in [-0.15, -0.1) is 0 Å². The van der Waals surface area contributed by atoms with E-state index in [9.17, 15) is 9.59 Å². The fourth-order valence-electron chi connectivity index (χ4n) is 2.41. The van der Waals surface area contributed by atoms with E-state index in [0.717, 1.165) is 22.8 Å². The third kappa shape index (κ3) is 3.94. The summed E-state index contributed by atoms with van der Waals surface area (Å²) in [5, 5.41) is 3.75. The molecule has 0 spiro atoms. The third-order valence-electron chi connectivity index (χ3n) is 3.59. The molecule has 1 aromatic carbocycles. The van der Waals surface area contributed by atoms with Crippen LogP contribution < -0.4 is 5.32 Å². The van der Waals surface area contributed by atoms with Crippen LogP contribution in [0.15, 0.2) is 36.4 Å². The molecule has 0 aliphatic rings. The molecular weight excluding hydrogens is 360 g/mol. The van der Waals surface area contributed by atoms with Gasteiger partial charge in [-0.2, -0.15) is 4.37 Å². The van der Waals surface area contributed by atoms with E-state index >= 15 is 0 Å². The average molecular weight is 375 g/mol. The molecule has 3 rings (SSSR count). The van der Waals surface area contributed by atoms with Crippen molar-refractivity contribution in [2.24, 2.45) is 7.05 Å². The van der Waals surface area contributed by atoms with Crippen molar-refractivity contribution in [3.63, 3.8) is 0 Å². The van der Waals surface area contributed by atoms with E-state index in [1.165, 1.54) is 6.92 Å². The lowest BCUT2D eigenvalue weighted by Crippen LogP contribution is -2.16. The summed E-state index contributed by atoms with van der Waals surface area (Å²) in [4.78, 5) is 27.7. The zero-order valence-corrected chi connectivity index (χ0v) is 15.2. The van der Waals surface area contributed by atoms with Gasteiger partial charge in [-0.25, -0.2) is 4.98 Å². The molecule has 128 valence electrons. The zero-order valence-electron chi connectivity index (χ0n) is 13.6. The first-order valence-corrected chi connectivity index (χ1v) is 8.64. The van der Waals surface area contributed by atoms with Gasteiger partial charge in [0.1, 0.15) is 11.5 Å². The largest absolute Gasteiger partial charge is 0.340 e. The molecule has 0 aliphatic carbocycles. The van der Waals surface area contributed by atoms with E-state index in [0.29, 0.717) is 21.7 Å². The number of anilines is 1. The highest BCUT2D eigenvalue weighted by atomic mass is 35.5. The fraction of sp³-hybridized carbons (Fsp3) is 0.176. The van der Waals surface area contributed by atoms with E-state index in [4.69, 9.17) is 11.6 Å². The normalized spacial score (nSPS) is 10.7. The number of benzene rings is 1. The second-order valence-corrected chi connectivity index (χ2v) is 6.71. The summed E-state index contributed by atoms with van der Waals surface area (Å²) in [6.45, 7) is 1.47. The first-order chi connectivity index (χ1) is 11.9. The van der Waals surface area contributed by atoms with Gasteiger partial charge < -0.3 is 4.57 Å². The summed E-state index contributed by atoms with van der Waals surface area (Å²) in [6.07, 6.45) is 0.164. The lowest BCUT2D eigenvalue weighted by Gasteiger charge is -2.07. The number of Topliss-reactive ketones (excluding diaryl/α,β-unsaturated/α-hetero) is 1. The molecule has 2 heterocycles. The SMILES string of the molecule is CC(=O)Cc1nsc(NC(=O)c2ccc(-c3ccc(Cl)cc3)n2C)n1. The second kappa shape index (κ2) is 7.16. The van der Waals surface area contributed by atoms with E-state index in [1.807, 2.05) is 25.2 Å². The lowest BCUT2D eigenvalue weighted by atomic mass is 10.1. The molecule has 0 bridgehead atoms. The maximum Gasteiger partial charge on any atom is 0.274 e. The number of halogens is 1. The molecule has 0 aliphatic heterocycles. The Balaban J connectivity index is 1.78. The maximum atomic E-state index is 12.5. The highest BCUT2D eigenvalue weighted by molar-refractivity contribution is 7.09. The standard InChI is InChI=1S/C17H15ClN4O2S/c1-10(23)9-15-19-17(25-21-15)20-16(24)14-8-7-13(22(14)2)11-3-5-12(18)6-4-11/h3-8H,9H2,1-2H3,(H,19,20,21,24). The Labute approximate surface area is 153 Å². The van der Waals surface area contributed by atoms with Crippen LogP contribution in [0, 0.1) is 0 Å². The zero-order chi connectivity index (χ0) is 18.0. The van der Waals surface area contributed by atoms with Crippen LogP contribution in [0.2, 0.25) is 5.02 Å². The monoisotopic (exact) mass is 374 g/mol. The van der Waals surface area contributed by atoms with Gasteiger partial charge >= 0.3 is 0 Å². The number of nitrogens with one attached hydrogen (secondary N) is 1. The van der Waals surface area contributed by atoms with Crippen molar-refractivity contribution in [3.8, 4) is 11.3 Å². The van der Waals surface area contributed by atoms with Gasteiger partial charge in [0.25, 0.3) is 5.91 Å². The summed E-state index contributed by atoms with van der Waals surface area (Å²) in [6, 6.07) is 11.0. The molecule has 0 fully saturated rings. The van der Waals surface area contributed by atoms with Gasteiger partial charge in [-0.3, -0.25) is 14.9 Å². The van der Waals surface area contributed by atoms with Crippen molar-refractivity contribution in [2.75, 3.05) is 5.32 Å². The highest BCUT2D eigenvalue weighted by Gasteiger charge is 2.16. The van der Waals surface area contributed by atoms with Gasteiger partial charge in [0.05, 0.1) is 6.42 Å². The Kier molecular flexibility index (Phi) is 4.96. The fourth-order valence-corrected chi connectivity index (χ4v) is 3.12. The number of carbonyl (C=O) groups excluding carboxylic acids is 2. The number of rotatable bonds is 5. The van der Waals surface area contributed by atoms with Crippen LogP contribution in [0.1, 0.15) is 23.2 Å². The summed E-state index contributed by atoms with van der Waals surface area (Å²) in [7, 11) is 1.82. The number of amides is 1. The van der Waals surface area contributed by atoms with Crippen molar-refractivity contribution in [1.82, 2.24) is 13.9 Å². The van der Waals surface area contributed by atoms with E-state index in [1.54, 1.807) is 22.8 Å². The molecule has 0 atom stereocenters. The minimum atomic E-state index is -0.284. The van der Waals surface area contributed by atoms with E-state index < -0.39 is 0 Å². The lowest BCUT2D eigenvalue weighted by molar-refractivity contribution is -0.116. The molecule has 8 heteroatoms. The average Bonchev–Trinajstić information content (AvgIpc) is 3.14. The first-order valence-electron chi connectivity index (χ1n) is 7.49. The number of hydrogen-bond donors (Lipinski definition) is 1. The number of ketones is 1. The van der Waals surface area contributed by atoms with Gasteiger partial charge in [-0.1, -0.05) is 23.7 Å². The Bertz CT molecular complexity index is 931. The van der Waals surface area contributed by atoms with Crippen molar-refractivity contribution in [1.29, 1.82) is 0 Å². The van der Waals surface area contributed by atoms with Gasteiger partial charge in [-0.05, 0) is 36.8 Å². The number of hydrogen-bond acceptors (Lipinski definition) is 5. The van der Waals surface area contributed by atoms with Crippen LogP contribution >= 0.6 is 23.1 Å². The topological polar surface area (TPSA) is 76.9 Å². The minimum absolute atomic E-state index is 0.0225. The van der Waals surface area contributed by atoms with Crippen LogP contribution in [0.3, 0.4) is 0 Å². The number of aromatic nitrogens is 3. The van der Waals surface area contributed by atoms with Crippen molar-refractivity contribution in [2.45, 2.75) is 13.3 Å². The Morgan fingerprint density at radius 1 is 1.20 bits per heavy atom. The third-order valence-corrected chi connectivity index (χ3v) is 4.51. The molecule has 2 aromatic heterocycles. The molecular formula is C17H15ClN4O2S. The molecule has 3 aromatic rings. The summed E-state index contributed by atoms with van der Waals surface area (Å²) in [5.74, 6) is 0.112. The number of nitrogens with zero attached hydrogens (tertiary/aromatic N) is 3. The van der Waals surface area contributed by atoms with E-state index in [-0.39, 0.29) is 18.1 Å². The van der Waals surface area contributed by atoms with Crippen molar-refractivity contribution >= 4 is 40.0 Å². The van der Waals surface area contributed by atoms with Crippen molar-refractivity contribution in [3.05, 3.63) is 52.9 Å². The number of carbonyl (C=O) groups is 2. The van der Waals surface area contributed by atoms with Crippen LogP contribution in [-0.2, 0) is 18.3 Å². The predicted octanol–water partition coefficient (Wildman–Crippen LogP) is 3.58. The van der Waals surface area contributed by atoms with Crippen LogP contribution in [-0.4, -0.2) is 25.6 Å². The van der Waals surface area contributed by atoms with Crippen LogP contribution in [0.25, 0.3) is 11.3 Å². The quantitative estimate of drug-likeness (QED) is 0.740. The molecule has 0 saturated carbocycles. The maximum absolute atomic E-state index is 12.5. The van der Waals surface area contributed by atoms with Gasteiger partial charge in [0.2, 0.25) is 5.13 Å². The van der Waals surface area contributed by atoms with E-state index in [2.05, 4.69) is 14.7 Å². The Morgan fingerprint density at radius 3 is 2.60 bits per heavy atom. The van der Waals surface area contributed by atoms with Gasteiger partial charge in [0.15, 0.2) is 5.82 Å². The molecule has 6 nitrogen and oxygen atoms in total. The van der Waals surface area contributed by atoms with Crippen LogP contribution in [0.4, 0.5) is 5.13 Å². The molecule has 1 N–H and O–H groups in total. The Hall–Kier alpha value is -2.51. The molecule has 0 saturated heterocycles.